The van der Waals surface area contributed by atoms with Gasteiger partial charge in [0.2, 0.25) is 0 Å². The molecule has 1 aromatic heterocycles. The lowest BCUT2D eigenvalue weighted by atomic mass is 9.92. The maximum atomic E-state index is 4.72. The number of hydrogen-bond acceptors (Lipinski definition) is 4. The number of thioether (sulfide) groups is 1. The van der Waals surface area contributed by atoms with Crippen LogP contribution < -0.4 is 5.32 Å². The minimum absolute atomic E-state index is 0.0251. The van der Waals surface area contributed by atoms with Gasteiger partial charge in [0.05, 0.1) is 11.4 Å². The number of rotatable bonds is 4. The van der Waals surface area contributed by atoms with E-state index in [-0.39, 0.29) is 5.41 Å². The molecule has 0 unspecified atom stereocenters. The maximum absolute atomic E-state index is 4.72. The fourth-order valence-electron chi connectivity index (χ4n) is 1.93. The van der Waals surface area contributed by atoms with Gasteiger partial charge < -0.3 is 5.32 Å². The van der Waals surface area contributed by atoms with Gasteiger partial charge in [-0.3, -0.25) is 0 Å². The zero-order chi connectivity index (χ0) is 15.5. The zero-order valence-electron chi connectivity index (χ0n) is 13.4. The first-order valence-corrected chi connectivity index (χ1v) is 8.13. The van der Waals surface area contributed by atoms with Crippen LogP contribution in [0.25, 0.3) is 0 Å². The van der Waals surface area contributed by atoms with Crippen molar-refractivity contribution in [3.63, 3.8) is 0 Å². The number of nitrogens with zero attached hydrogens (tertiary/aromatic N) is 2. The van der Waals surface area contributed by atoms with Gasteiger partial charge >= 0.3 is 0 Å². The number of hydrogen-bond donors (Lipinski definition) is 1. The van der Waals surface area contributed by atoms with E-state index < -0.39 is 0 Å². The first-order valence-electron chi connectivity index (χ1n) is 7.14. The molecule has 0 fully saturated rings. The molecule has 0 bridgehead atoms. The maximum Gasteiger partial charge on any atom is 0.141 e. The molecular formula is C17H23N3S. The predicted molar refractivity (Wildman–Crippen MR) is 91.0 cm³/mol. The van der Waals surface area contributed by atoms with Crippen molar-refractivity contribution < 1.29 is 0 Å². The molecule has 0 aliphatic carbocycles. The van der Waals surface area contributed by atoms with E-state index in [0.29, 0.717) is 0 Å². The molecule has 112 valence electrons. The molecule has 1 heterocycles. The number of nitrogens with one attached hydrogen (secondary N) is 1. The minimum atomic E-state index is 0.0251. The highest BCUT2D eigenvalue weighted by Crippen LogP contribution is 2.26. The van der Waals surface area contributed by atoms with Crippen molar-refractivity contribution in [3.8, 4) is 0 Å². The van der Waals surface area contributed by atoms with Gasteiger partial charge in [-0.15, -0.1) is 11.8 Å². The molecule has 0 atom stereocenters. The number of aromatic nitrogens is 2. The quantitative estimate of drug-likeness (QED) is 0.849. The number of anilines is 1. The van der Waals surface area contributed by atoms with Crippen molar-refractivity contribution in [2.45, 2.75) is 43.8 Å². The molecule has 1 aromatic carbocycles. The predicted octanol–water partition coefficient (Wildman–Crippen LogP) is 4.42. The summed E-state index contributed by atoms with van der Waals surface area (Å²) < 4.78 is 0. The Bertz CT molecular complexity index is 618. The van der Waals surface area contributed by atoms with E-state index in [2.05, 4.69) is 62.3 Å². The van der Waals surface area contributed by atoms with Crippen LogP contribution in [-0.4, -0.2) is 17.0 Å². The molecule has 4 heteroatoms. The molecule has 2 aromatic rings. The van der Waals surface area contributed by atoms with Crippen molar-refractivity contribution in [1.82, 2.24) is 9.97 Å². The Morgan fingerprint density at radius 2 is 1.90 bits per heavy atom. The highest BCUT2D eigenvalue weighted by atomic mass is 32.2. The second-order valence-corrected chi connectivity index (χ2v) is 7.21. The third kappa shape index (κ3) is 4.46. The second kappa shape index (κ2) is 6.48. The van der Waals surface area contributed by atoms with E-state index in [4.69, 9.17) is 4.98 Å². The average molecular weight is 301 g/mol. The topological polar surface area (TPSA) is 37.8 Å². The lowest BCUT2D eigenvalue weighted by molar-refractivity contribution is 0.564. The summed E-state index contributed by atoms with van der Waals surface area (Å²) in [5, 5.41) is 3.13. The molecule has 0 saturated carbocycles. The Morgan fingerprint density at radius 1 is 1.14 bits per heavy atom. The molecule has 0 radical (unpaired) electrons. The molecule has 0 saturated heterocycles. The molecule has 0 spiro atoms. The first kappa shape index (κ1) is 15.8. The van der Waals surface area contributed by atoms with Gasteiger partial charge in [-0.05, 0) is 19.1 Å². The van der Waals surface area contributed by atoms with Gasteiger partial charge in [0.25, 0.3) is 0 Å². The van der Waals surface area contributed by atoms with Crippen LogP contribution in [0.4, 0.5) is 5.82 Å². The van der Waals surface area contributed by atoms with Crippen LogP contribution in [-0.2, 0) is 11.2 Å². The molecule has 0 aliphatic rings. The molecule has 21 heavy (non-hydrogen) atoms. The number of aryl methyl sites for hydroxylation is 1. The summed E-state index contributed by atoms with van der Waals surface area (Å²) in [6.45, 7) is 8.63. The lowest BCUT2D eigenvalue weighted by Crippen LogP contribution is -2.16. The van der Waals surface area contributed by atoms with Gasteiger partial charge in [0, 0.05) is 23.4 Å². The standard InChI is InChI=1S/C17H23N3S/c1-12-7-6-8-13(9-12)21-11-16-19-14(17(2,3)4)10-15(18-5)20-16/h6-10H,11H2,1-5H3,(H,18,19,20). The van der Waals surface area contributed by atoms with Crippen LogP contribution in [0.3, 0.4) is 0 Å². The van der Waals surface area contributed by atoms with E-state index >= 15 is 0 Å². The highest BCUT2D eigenvalue weighted by Gasteiger charge is 2.17. The summed E-state index contributed by atoms with van der Waals surface area (Å²) in [5.74, 6) is 2.54. The van der Waals surface area contributed by atoms with E-state index in [1.807, 2.05) is 13.1 Å². The van der Waals surface area contributed by atoms with Crippen LogP contribution in [0, 0.1) is 6.92 Å². The van der Waals surface area contributed by atoms with Crippen molar-refractivity contribution in [1.29, 1.82) is 0 Å². The summed E-state index contributed by atoms with van der Waals surface area (Å²) >= 11 is 1.77. The van der Waals surface area contributed by atoms with Crippen molar-refractivity contribution in [2.24, 2.45) is 0 Å². The van der Waals surface area contributed by atoms with Crippen LogP contribution >= 0.6 is 11.8 Å². The Labute approximate surface area is 131 Å². The van der Waals surface area contributed by atoms with Crippen LogP contribution in [0.5, 0.6) is 0 Å². The largest absolute Gasteiger partial charge is 0.373 e. The molecule has 1 N–H and O–H groups in total. The average Bonchev–Trinajstić information content (AvgIpc) is 2.44. The van der Waals surface area contributed by atoms with Gasteiger partial charge in [-0.25, -0.2) is 9.97 Å². The highest BCUT2D eigenvalue weighted by molar-refractivity contribution is 7.98. The van der Waals surface area contributed by atoms with Crippen molar-refractivity contribution in [3.05, 3.63) is 47.4 Å². The summed E-state index contributed by atoms with van der Waals surface area (Å²) in [6.07, 6.45) is 0. The SMILES string of the molecule is CNc1cc(C(C)(C)C)nc(CSc2cccc(C)c2)n1. The number of benzene rings is 1. The molecule has 2 rings (SSSR count). The normalized spacial score (nSPS) is 11.5. The summed E-state index contributed by atoms with van der Waals surface area (Å²) in [4.78, 5) is 10.5. The van der Waals surface area contributed by atoms with E-state index in [1.54, 1.807) is 11.8 Å². The molecule has 0 amide bonds. The van der Waals surface area contributed by atoms with Gasteiger partial charge in [-0.1, -0.05) is 38.5 Å². The van der Waals surface area contributed by atoms with Gasteiger partial charge in [0.15, 0.2) is 0 Å². The Hall–Kier alpha value is -1.55. The van der Waals surface area contributed by atoms with Crippen LogP contribution in [0.1, 0.15) is 37.9 Å². The van der Waals surface area contributed by atoms with Crippen molar-refractivity contribution >= 4 is 17.6 Å². The van der Waals surface area contributed by atoms with Gasteiger partial charge in [-0.2, -0.15) is 0 Å². The van der Waals surface area contributed by atoms with E-state index in [0.717, 1.165) is 23.1 Å². The Kier molecular flexibility index (Phi) is 4.88. The smallest absolute Gasteiger partial charge is 0.141 e. The van der Waals surface area contributed by atoms with Crippen LogP contribution in [0.15, 0.2) is 35.2 Å². The van der Waals surface area contributed by atoms with E-state index in [1.165, 1.54) is 10.5 Å². The van der Waals surface area contributed by atoms with Gasteiger partial charge in [0.1, 0.15) is 11.6 Å². The summed E-state index contributed by atoms with van der Waals surface area (Å²) in [7, 11) is 1.90. The third-order valence-electron chi connectivity index (χ3n) is 3.15. The Balaban J connectivity index is 2.19. The molecular weight excluding hydrogens is 278 g/mol. The molecule has 0 aliphatic heterocycles. The second-order valence-electron chi connectivity index (χ2n) is 6.16. The van der Waals surface area contributed by atoms with Crippen molar-refractivity contribution in [2.75, 3.05) is 12.4 Å². The Morgan fingerprint density at radius 3 is 2.52 bits per heavy atom. The first-order chi connectivity index (χ1) is 9.88. The fraction of sp³-hybridized carbons (Fsp3) is 0.412. The summed E-state index contributed by atoms with van der Waals surface area (Å²) in [5.41, 5.74) is 2.37. The van der Waals surface area contributed by atoms with Crippen LogP contribution in [0.2, 0.25) is 0 Å². The third-order valence-corrected chi connectivity index (χ3v) is 4.14. The molecule has 3 nitrogen and oxygen atoms in total. The minimum Gasteiger partial charge on any atom is -0.373 e. The van der Waals surface area contributed by atoms with E-state index in [9.17, 15) is 0 Å². The lowest BCUT2D eigenvalue weighted by Gasteiger charge is -2.19. The monoisotopic (exact) mass is 301 g/mol. The zero-order valence-corrected chi connectivity index (χ0v) is 14.2. The fourth-order valence-corrected chi connectivity index (χ4v) is 2.80. The summed E-state index contributed by atoms with van der Waals surface area (Å²) in [6, 6.07) is 10.5.